The number of benzene rings is 2. The molecule has 0 radical (unpaired) electrons. The number of rotatable bonds is 6. The van der Waals surface area contributed by atoms with Gasteiger partial charge in [-0.2, -0.15) is 17.5 Å². The van der Waals surface area contributed by atoms with E-state index in [1.165, 1.54) is 6.07 Å². The molecule has 6 nitrogen and oxygen atoms in total. The molecule has 2 aromatic carbocycles. The number of aryl methyl sites for hydroxylation is 1. The number of anilines is 1. The van der Waals surface area contributed by atoms with Crippen LogP contribution in [-0.4, -0.2) is 56.3 Å². The number of carbonyl (C=O) groups is 1. The van der Waals surface area contributed by atoms with E-state index in [-0.39, 0.29) is 44.5 Å². The van der Waals surface area contributed by atoms with Crippen molar-refractivity contribution >= 4 is 21.6 Å². The van der Waals surface area contributed by atoms with Gasteiger partial charge in [0.1, 0.15) is 0 Å². The van der Waals surface area contributed by atoms with Crippen LogP contribution < -0.4 is 5.32 Å². The molecule has 3 rings (SSSR count). The standard InChI is InChI=1S/C23H28F3N3O3S/c1-16(2)18-8-6-7-17(3)22(18)27-21(30)15-28-11-13-29(14-12-28)33(31,32)20-10-5-4-9-19(20)23(24,25)26/h4-10,16H,11-15H2,1-3H3,(H,27,30). The van der Waals surface area contributed by atoms with Gasteiger partial charge in [0, 0.05) is 31.9 Å². The normalized spacial score (nSPS) is 16.2. The Labute approximate surface area is 192 Å². The van der Waals surface area contributed by atoms with Gasteiger partial charge in [0.15, 0.2) is 0 Å². The Morgan fingerprint density at radius 1 is 1.03 bits per heavy atom. The Hall–Kier alpha value is -2.43. The number of halogens is 3. The van der Waals surface area contributed by atoms with Crippen LogP contribution in [0.4, 0.5) is 18.9 Å². The van der Waals surface area contributed by atoms with Gasteiger partial charge in [-0.3, -0.25) is 9.69 Å². The Balaban J connectivity index is 1.65. The summed E-state index contributed by atoms with van der Waals surface area (Å²) >= 11 is 0. The molecule has 0 spiro atoms. The third kappa shape index (κ3) is 5.74. The molecule has 10 heteroatoms. The summed E-state index contributed by atoms with van der Waals surface area (Å²) in [4.78, 5) is 13.7. The fraction of sp³-hybridized carbons (Fsp3) is 0.435. The van der Waals surface area contributed by atoms with Gasteiger partial charge in [0.2, 0.25) is 15.9 Å². The van der Waals surface area contributed by atoms with E-state index in [1.54, 1.807) is 4.90 Å². The SMILES string of the molecule is Cc1cccc(C(C)C)c1NC(=O)CN1CCN(S(=O)(=O)c2ccccc2C(F)(F)F)CC1. The summed E-state index contributed by atoms with van der Waals surface area (Å²) in [5, 5.41) is 2.96. The van der Waals surface area contributed by atoms with Crippen molar-refractivity contribution in [2.75, 3.05) is 38.0 Å². The number of hydrogen-bond donors (Lipinski definition) is 1. The van der Waals surface area contributed by atoms with Gasteiger partial charge < -0.3 is 5.32 Å². The van der Waals surface area contributed by atoms with E-state index in [1.807, 2.05) is 39.0 Å². The number of nitrogens with zero attached hydrogens (tertiary/aromatic N) is 2. The molecule has 0 bridgehead atoms. The van der Waals surface area contributed by atoms with Crippen LogP contribution in [0.3, 0.4) is 0 Å². The van der Waals surface area contributed by atoms with Gasteiger partial charge in [0.25, 0.3) is 0 Å². The van der Waals surface area contributed by atoms with E-state index >= 15 is 0 Å². The molecule has 33 heavy (non-hydrogen) atoms. The minimum Gasteiger partial charge on any atom is -0.324 e. The molecule has 0 aromatic heterocycles. The van der Waals surface area contributed by atoms with Crippen molar-refractivity contribution in [3.05, 3.63) is 59.2 Å². The second-order valence-corrected chi connectivity index (χ2v) is 10.3. The number of amides is 1. The molecule has 1 saturated heterocycles. The highest BCUT2D eigenvalue weighted by Crippen LogP contribution is 2.35. The summed E-state index contributed by atoms with van der Waals surface area (Å²) in [6.07, 6.45) is -4.77. The van der Waals surface area contributed by atoms with Crippen molar-refractivity contribution in [1.29, 1.82) is 0 Å². The van der Waals surface area contributed by atoms with Crippen molar-refractivity contribution in [2.24, 2.45) is 0 Å². The average Bonchev–Trinajstić information content (AvgIpc) is 2.74. The monoisotopic (exact) mass is 483 g/mol. The maximum absolute atomic E-state index is 13.3. The number of hydrogen-bond acceptors (Lipinski definition) is 4. The fourth-order valence-corrected chi connectivity index (χ4v) is 5.55. The lowest BCUT2D eigenvalue weighted by atomic mass is 9.98. The Kier molecular flexibility index (Phi) is 7.50. The van der Waals surface area contributed by atoms with Crippen LogP contribution in [0, 0.1) is 6.92 Å². The second kappa shape index (κ2) is 9.82. The van der Waals surface area contributed by atoms with Gasteiger partial charge in [-0.25, -0.2) is 8.42 Å². The smallest absolute Gasteiger partial charge is 0.324 e. The van der Waals surface area contributed by atoms with Gasteiger partial charge in [-0.05, 0) is 36.1 Å². The molecule has 1 amide bonds. The van der Waals surface area contributed by atoms with Crippen LogP contribution >= 0.6 is 0 Å². The van der Waals surface area contributed by atoms with Crippen LogP contribution in [-0.2, 0) is 21.0 Å². The lowest BCUT2D eigenvalue weighted by Gasteiger charge is -2.34. The number of piperazine rings is 1. The predicted molar refractivity (Wildman–Crippen MR) is 121 cm³/mol. The molecule has 1 fully saturated rings. The van der Waals surface area contributed by atoms with E-state index in [0.29, 0.717) is 0 Å². The topological polar surface area (TPSA) is 69.7 Å². The molecule has 1 heterocycles. The fourth-order valence-electron chi connectivity index (χ4n) is 3.92. The summed E-state index contributed by atoms with van der Waals surface area (Å²) < 4.78 is 66.7. The highest BCUT2D eigenvalue weighted by Gasteiger charge is 2.39. The van der Waals surface area contributed by atoms with Gasteiger partial charge in [0.05, 0.1) is 17.0 Å². The largest absolute Gasteiger partial charge is 0.417 e. The molecule has 0 aliphatic carbocycles. The van der Waals surface area contributed by atoms with Crippen molar-refractivity contribution < 1.29 is 26.4 Å². The van der Waals surface area contributed by atoms with Crippen LogP contribution in [0.5, 0.6) is 0 Å². The number of carbonyl (C=O) groups excluding carboxylic acids is 1. The number of nitrogens with one attached hydrogen (secondary N) is 1. The van der Waals surface area contributed by atoms with Crippen molar-refractivity contribution in [3.8, 4) is 0 Å². The van der Waals surface area contributed by atoms with Gasteiger partial charge in [-0.1, -0.05) is 44.2 Å². The summed E-state index contributed by atoms with van der Waals surface area (Å²) in [5.41, 5.74) is 1.59. The Bertz CT molecular complexity index is 1110. The zero-order valence-electron chi connectivity index (χ0n) is 18.8. The zero-order chi connectivity index (χ0) is 24.4. The van der Waals surface area contributed by atoms with Crippen molar-refractivity contribution in [2.45, 2.75) is 37.8 Å². The Morgan fingerprint density at radius 2 is 1.67 bits per heavy atom. The third-order valence-electron chi connectivity index (χ3n) is 5.70. The summed E-state index contributed by atoms with van der Waals surface area (Å²) in [7, 11) is -4.31. The first-order valence-electron chi connectivity index (χ1n) is 10.7. The van der Waals surface area contributed by atoms with E-state index in [9.17, 15) is 26.4 Å². The van der Waals surface area contributed by atoms with Gasteiger partial charge >= 0.3 is 6.18 Å². The molecule has 180 valence electrons. The lowest BCUT2D eigenvalue weighted by molar-refractivity contribution is -0.140. The molecule has 1 aliphatic rings. The minimum atomic E-state index is -4.77. The average molecular weight is 484 g/mol. The van der Waals surface area contributed by atoms with E-state index in [0.717, 1.165) is 39.3 Å². The van der Waals surface area contributed by atoms with Crippen LogP contribution in [0.15, 0.2) is 47.4 Å². The summed E-state index contributed by atoms with van der Waals surface area (Å²) in [6.45, 7) is 6.56. The zero-order valence-corrected chi connectivity index (χ0v) is 19.6. The minimum absolute atomic E-state index is 0.00339. The van der Waals surface area contributed by atoms with Crippen molar-refractivity contribution in [1.82, 2.24) is 9.21 Å². The van der Waals surface area contributed by atoms with E-state index in [2.05, 4.69) is 5.32 Å². The molecule has 0 saturated carbocycles. The molecule has 1 N–H and O–H groups in total. The first-order valence-corrected chi connectivity index (χ1v) is 12.1. The molecule has 1 aliphatic heterocycles. The first-order chi connectivity index (χ1) is 15.4. The number of alkyl halides is 3. The molecular formula is C23H28F3N3O3S. The quantitative estimate of drug-likeness (QED) is 0.672. The van der Waals surface area contributed by atoms with Crippen LogP contribution in [0.25, 0.3) is 0 Å². The van der Waals surface area contributed by atoms with Crippen LogP contribution in [0.2, 0.25) is 0 Å². The predicted octanol–water partition coefficient (Wildman–Crippen LogP) is 4.08. The molecule has 0 atom stereocenters. The molecule has 2 aromatic rings. The lowest BCUT2D eigenvalue weighted by Crippen LogP contribution is -2.50. The maximum atomic E-state index is 13.3. The number of para-hydroxylation sites is 1. The number of sulfonamides is 1. The van der Waals surface area contributed by atoms with E-state index < -0.39 is 26.7 Å². The van der Waals surface area contributed by atoms with E-state index in [4.69, 9.17) is 0 Å². The Morgan fingerprint density at radius 3 is 2.27 bits per heavy atom. The van der Waals surface area contributed by atoms with Crippen molar-refractivity contribution in [3.63, 3.8) is 0 Å². The maximum Gasteiger partial charge on any atom is 0.417 e. The summed E-state index contributed by atoms with van der Waals surface area (Å²) in [5.74, 6) is 0.0125. The highest BCUT2D eigenvalue weighted by molar-refractivity contribution is 7.89. The van der Waals surface area contributed by atoms with Gasteiger partial charge in [-0.15, -0.1) is 0 Å². The first kappa shape index (κ1) is 25.2. The highest BCUT2D eigenvalue weighted by atomic mass is 32.2. The van der Waals surface area contributed by atoms with Crippen LogP contribution in [0.1, 0.15) is 36.5 Å². The third-order valence-corrected chi connectivity index (χ3v) is 7.66. The second-order valence-electron chi connectivity index (χ2n) is 8.42. The summed E-state index contributed by atoms with van der Waals surface area (Å²) in [6, 6.07) is 10.0. The molecular weight excluding hydrogens is 455 g/mol. The molecule has 0 unspecified atom stereocenters.